The molecule has 0 radical (unpaired) electrons. The predicted molar refractivity (Wildman–Crippen MR) is 127 cm³/mol. The molecule has 2 atom stereocenters. The van der Waals surface area contributed by atoms with Crippen molar-refractivity contribution in [3.8, 4) is 0 Å². The third-order valence-electron chi connectivity index (χ3n) is 5.17. The molecule has 2 aromatic carbocycles. The third-order valence-corrected chi connectivity index (χ3v) is 5.83. The highest BCUT2D eigenvalue weighted by atomic mass is 79.9. The van der Waals surface area contributed by atoms with E-state index in [0.717, 1.165) is 20.9 Å². The number of esters is 1. The average Bonchev–Trinajstić information content (AvgIpc) is 3.24. The van der Waals surface area contributed by atoms with Crippen molar-refractivity contribution in [1.82, 2.24) is 15.6 Å². The van der Waals surface area contributed by atoms with E-state index in [1.54, 1.807) is 20.0 Å². The highest BCUT2D eigenvalue weighted by molar-refractivity contribution is 9.10. The van der Waals surface area contributed by atoms with Crippen LogP contribution in [0.3, 0.4) is 0 Å². The van der Waals surface area contributed by atoms with E-state index in [-0.39, 0.29) is 12.5 Å². The lowest BCUT2D eigenvalue weighted by atomic mass is 10.0. The van der Waals surface area contributed by atoms with Gasteiger partial charge in [-0.15, -0.1) is 0 Å². The summed E-state index contributed by atoms with van der Waals surface area (Å²) in [6.07, 6.45) is 0.932. The number of hydrogen-bond acceptors (Lipinski definition) is 5. The van der Waals surface area contributed by atoms with Gasteiger partial charge in [-0.2, -0.15) is 0 Å². The molecule has 0 spiro atoms. The first-order valence-corrected chi connectivity index (χ1v) is 11.2. The van der Waals surface area contributed by atoms with Gasteiger partial charge in [-0.25, -0.2) is 9.59 Å². The summed E-state index contributed by atoms with van der Waals surface area (Å²) in [7, 11) is 1.26. The number of nitrogens with one attached hydrogen (secondary N) is 3. The minimum atomic E-state index is -1.06. The Morgan fingerprint density at radius 2 is 1.76 bits per heavy atom. The third kappa shape index (κ3) is 5.92. The van der Waals surface area contributed by atoms with Crippen molar-refractivity contribution in [2.45, 2.75) is 32.5 Å². The minimum Gasteiger partial charge on any atom is -0.467 e. The molecule has 0 saturated heterocycles. The number of fused-ring (bicyclic) bond motifs is 1. The Labute approximate surface area is 200 Å². The molecule has 0 bridgehead atoms. The predicted octanol–water partition coefficient (Wildman–Crippen LogP) is 4.21. The van der Waals surface area contributed by atoms with Gasteiger partial charge in [-0.1, -0.05) is 56.3 Å². The number of alkyl carbamates (subject to hydrolysis) is 1. The number of carbonyl (C=O) groups is 3. The van der Waals surface area contributed by atoms with Gasteiger partial charge in [-0.3, -0.25) is 4.79 Å². The average molecular weight is 516 g/mol. The largest absolute Gasteiger partial charge is 0.467 e. The summed E-state index contributed by atoms with van der Waals surface area (Å²) in [6.45, 7) is 3.66. The second-order valence-corrected chi connectivity index (χ2v) is 8.65. The zero-order valence-corrected chi connectivity index (χ0v) is 20.1. The van der Waals surface area contributed by atoms with Crippen LogP contribution in [-0.2, 0) is 25.7 Å². The van der Waals surface area contributed by atoms with Crippen LogP contribution in [0.25, 0.3) is 10.9 Å². The summed E-state index contributed by atoms with van der Waals surface area (Å²) in [5.41, 5.74) is 2.17. The van der Waals surface area contributed by atoms with Crippen LogP contribution >= 0.6 is 15.9 Å². The van der Waals surface area contributed by atoms with E-state index in [4.69, 9.17) is 9.47 Å². The summed E-state index contributed by atoms with van der Waals surface area (Å²) in [5.74, 6) is -1.41. The van der Waals surface area contributed by atoms with E-state index in [2.05, 4.69) is 31.5 Å². The van der Waals surface area contributed by atoms with Crippen molar-refractivity contribution in [1.29, 1.82) is 0 Å². The Hall–Kier alpha value is -3.33. The van der Waals surface area contributed by atoms with E-state index in [0.29, 0.717) is 5.56 Å². The lowest BCUT2D eigenvalue weighted by Gasteiger charge is -2.24. The molecule has 0 aliphatic heterocycles. The zero-order chi connectivity index (χ0) is 24.0. The van der Waals surface area contributed by atoms with E-state index in [1.165, 1.54) is 7.11 Å². The van der Waals surface area contributed by atoms with Crippen molar-refractivity contribution in [3.05, 3.63) is 70.3 Å². The Balaban J connectivity index is 1.75. The highest BCUT2D eigenvalue weighted by Crippen LogP contribution is 2.30. The van der Waals surface area contributed by atoms with E-state index < -0.39 is 30.1 Å². The molecule has 0 aliphatic carbocycles. The molecular weight excluding hydrogens is 490 g/mol. The summed E-state index contributed by atoms with van der Waals surface area (Å²) in [5, 5.41) is 6.08. The molecule has 8 nitrogen and oxygen atoms in total. The maximum atomic E-state index is 13.1. The van der Waals surface area contributed by atoms with Gasteiger partial charge < -0.3 is 25.1 Å². The Bertz CT molecular complexity index is 1130. The summed E-state index contributed by atoms with van der Waals surface area (Å²) in [4.78, 5) is 41.1. The number of aromatic amines is 1. The molecule has 1 aromatic heterocycles. The van der Waals surface area contributed by atoms with E-state index in [9.17, 15) is 14.4 Å². The molecule has 2 amide bonds. The maximum Gasteiger partial charge on any atom is 0.408 e. The van der Waals surface area contributed by atoms with Crippen LogP contribution in [-0.4, -0.2) is 36.1 Å². The fourth-order valence-electron chi connectivity index (χ4n) is 3.42. The SMILES string of the molecule is COC(=O)C(NC(=O)[C@@H](NC(=O)OCc1ccccc1)C(C)C)c1c[nH]c2c(Br)cccc12. The Morgan fingerprint density at radius 1 is 1.03 bits per heavy atom. The number of rotatable bonds is 8. The normalized spacial score (nSPS) is 12.8. The van der Waals surface area contributed by atoms with Gasteiger partial charge in [0.2, 0.25) is 5.91 Å². The number of para-hydroxylation sites is 1. The molecule has 0 fully saturated rings. The van der Waals surface area contributed by atoms with Gasteiger partial charge >= 0.3 is 12.1 Å². The Morgan fingerprint density at radius 3 is 2.42 bits per heavy atom. The van der Waals surface area contributed by atoms with Crippen LogP contribution in [0, 0.1) is 5.92 Å². The minimum absolute atomic E-state index is 0.0775. The lowest BCUT2D eigenvalue weighted by molar-refractivity contribution is -0.145. The van der Waals surface area contributed by atoms with Gasteiger partial charge in [0.25, 0.3) is 0 Å². The number of carbonyl (C=O) groups excluding carboxylic acids is 3. The van der Waals surface area contributed by atoms with Gasteiger partial charge in [0.15, 0.2) is 6.04 Å². The second kappa shape index (κ2) is 11.0. The quantitative estimate of drug-likeness (QED) is 0.389. The number of halogens is 1. The first-order valence-electron chi connectivity index (χ1n) is 10.4. The van der Waals surface area contributed by atoms with Crippen LogP contribution in [0.4, 0.5) is 4.79 Å². The van der Waals surface area contributed by atoms with Crippen molar-refractivity contribution in [3.63, 3.8) is 0 Å². The lowest BCUT2D eigenvalue weighted by Crippen LogP contribution is -2.51. The fraction of sp³-hybridized carbons (Fsp3) is 0.292. The molecule has 1 unspecified atom stereocenters. The topological polar surface area (TPSA) is 110 Å². The van der Waals surface area contributed by atoms with Crippen molar-refractivity contribution >= 4 is 44.8 Å². The molecular formula is C24H26BrN3O5. The van der Waals surface area contributed by atoms with E-state index >= 15 is 0 Å². The summed E-state index contributed by atoms with van der Waals surface area (Å²) in [6, 6.07) is 12.8. The number of benzene rings is 2. The molecule has 1 heterocycles. The monoisotopic (exact) mass is 515 g/mol. The molecule has 3 aromatic rings. The molecule has 33 heavy (non-hydrogen) atoms. The molecule has 0 aliphatic rings. The summed E-state index contributed by atoms with van der Waals surface area (Å²) >= 11 is 3.47. The first kappa shape index (κ1) is 24.3. The number of ether oxygens (including phenoxy) is 2. The number of aromatic nitrogens is 1. The Kier molecular flexibility index (Phi) is 8.11. The van der Waals surface area contributed by atoms with Gasteiger partial charge in [0.05, 0.1) is 12.6 Å². The summed E-state index contributed by atoms with van der Waals surface area (Å²) < 4.78 is 11.0. The van der Waals surface area contributed by atoms with Crippen molar-refractivity contribution in [2.24, 2.45) is 5.92 Å². The van der Waals surface area contributed by atoms with Crippen LogP contribution in [0.2, 0.25) is 0 Å². The van der Waals surface area contributed by atoms with Crippen LogP contribution < -0.4 is 10.6 Å². The van der Waals surface area contributed by atoms with Crippen LogP contribution in [0.5, 0.6) is 0 Å². The smallest absolute Gasteiger partial charge is 0.408 e. The molecule has 3 N–H and O–H groups in total. The van der Waals surface area contributed by atoms with Crippen molar-refractivity contribution < 1.29 is 23.9 Å². The molecule has 0 saturated carbocycles. The number of H-pyrrole nitrogens is 1. The molecule has 9 heteroatoms. The number of amides is 2. The van der Waals surface area contributed by atoms with Crippen molar-refractivity contribution in [2.75, 3.05) is 7.11 Å². The van der Waals surface area contributed by atoms with Gasteiger partial charge in [-0.05, 0) is 33.5 Å². The standard InChI is InChI=1S/C24H26BrN3O5/c1-14(2)19(28-24(31)33-13-15-8-5-4-6-9-15)22(29)27-21(23(30)32-3)17-12-26-20-16(17)10-7-11-18(20)25/h4-12,14,19,21,26H,13H2,1-3H3,(H,27,29)(H,28,31)/t19-,21?/m0/s1. The number of methoxy groups -OCH3 is 1. The first-order chi connectivity index (χ1) is 15.8. The second-order valence-electron chi connectivity index (χ2n) is 7.80. The number of hydrogen-bond donors (Lipinski definition) is 3. The molecule has 3 rings (SSSR count). The fourth-order valence-corrected chi connectivity index (χ4v) is 3.90. The van der Waals surface area contributed by atoms with E-state index in [1.807, 2.05) is 48.5 Å². The van der Waals surface area contributed by atoms with Gasteiger partial charge in [0, 0.05) is 21.6 Å². The van der Waals surface area contributed by atoms with Crippen LogP contribution in [0.1, 0.15) is 31.0 Å². The molecule has 174 valence electrons. The van der Waals surface area contributed by atoms with Gasteiger partial charge in [0.1, 0.15) is 12.6 Å². The van der Waals surface area contributed by atoms with Crippen LogP contribution in [0.15, 0.2) is 59.2 Å². The maximum absolute atomic E-state index is 13.1. The highest BCUT2D eigenvalue weighted by Gasteiger charge is 2.32. The zero-order valence-electron chi connectivity index (χ0n) is 18.6.